The monoisotopic (exact) mass is 384 g/mol. The van der Waals surface area contributed by atoms with E-state index in [9.17, 15) is 0 Å². The maximum absolute atomic E-state index is 3.77. The minimum atomic E-state index is 0.364. The van der Waals surface area contributed by atoms with Crippen molar-refractivity contribution in [1.29, 1.82) is 0 Å². The fourth-order valence-corrected chi connectivity index (χ4v) is 3.34. The molecule has 0 aliphatic carbocycles. The Morgan fingerprint density at radius 1 is 1.11 bits per heavy atom. The van der Waals surface area contributed by atoms with Crippen molar-refractivity contribution >= 4 is 43.6 Å². The predicted octanol–water partition coefficient (Wildman–Crippen LogP) is 5.85. The molecule has 1 atom stereocenters. The summed E-state index contributed by atoms with van der Waals surface area (Å²) in [6.45, 7) is 0. The van der Waals surface area contributed by atoms with Crippen molar-refractivity contribution in [3.63, 3.8) is 0 Å². The van der Waals surface area contributed by atoms with E-state index in [1.54, 1.807) is 11.8 Å². The first-order valence-corrected chi connectivity index (χ1v) is 8.65. The van der Waals surface area contributed by atoms with Gasteiger partial charge in [0.15, 0.2) is 0 Å². The highest BCUT2D eigenvalue weighted by atomic mass is 79.9. The van der Waals surface area contributed by atoms with Crippen LogP contribution < -0.4 is 0 Å². The molecule has 0 aromatic heterocycles. The summed E-state index contributed by atoms with van der Waals surface area (Å²) in [6.07, 6.45) is 3.10. The van der Waals surface area contributed by atoms with Gasteiger partial charge in [-0.1, -0.05) is 56.1 Å². The second kappa shape index (κ2) is 6.78. The van der Waals surface area contributed by atoms with E-state index < -0.39 is 0 Å². The van der Waals surface area contributed by atoms with Crippen LogP contribution in [0.25, 0.3) is 0 Å². The Kier molecular flexibility index (Phi) is 5.34. The molecule has 18 heavy (non-hydrogen) atoms. The number of alkyl halides is 1. The maximum atomic E-state index is 3.77. The van der Waals surface area contributed by atoms with Crippen LogP contribution in [0.4, 0.5) is 0 Å². The van der Waals surface area contributed by atoms with E-state index >= 15 is 0 Å². The van der Waals surface area contributed by atoms with Crippen molar-refractivity contribution < 1.29 is 0 Å². The second-order valence-electron chi connectivity index (χ2n) is 4.07. The molecule has 0 nitrogen and oxygen atoms in total. The molecule has 2 rings (SSSR count). The van der Waals surface area contributed by atoms with E-state index in [0.717, 1.165) is 10.9 Å². The third-order valence-corrected chi connectivity index (χ3v) is 4.87. The fraction of sp³-hybridized carbons (Fsp3) is 0.200. The quantitative estimate of drug-likeness (QED) is 0.469. The van der Waals surface area contributed by atoms with Gasteiger partial charge in [0.1, 0.15) is 0 Å². The Bertz CT molecular complexity index is 508. The van der Waals surface area contributed by atoms with Gasteiger partial charge < -0.3 is 0 Å². The molecule has 2 aromatic rings. The van der Waals surface area contributed by atoms with E-state index in [4.69, 9.17) is 0 Å². The Morgan fingerprint density at radius 2 is 1.83 bits per heavy atom. The van der Waals surface area contributed by atoms with E-state index in [0.29, 0.717) is 4.83 Å². The number of benzene rings is 2. The number of rotatable bonds is 4. The predicted molar refractivity (Wildman–Crippen MR) is 87.7 cm³/mol. The van der Waals surface area contributed by atoms with Crippen molar-refractivity contribution in [1.82, 2.24) is 0 Å². The van der Waals surface area contributed by atoms with Crippen LogP contribution >= 0.6 is 43.6 Å². The Balaban J connectivity index is 2.09. The fourth-order valence-electron chi connectivity index (χ4n) is 1.80. The van der Waals surface area contributed by atoms with Gasteiger partial charge in [0.25, 0.3) is 0 Å². The van der Waals surface area contributed by atoms with Crippen LogP contribution in [-0.2, 0) is 6.42 Å². The van der Waals surface area contributed by atoms with Crippen molar-refractivity contribution in [2.75, 3.05) is 6.26 Å². The molecule has 3 heteroatoms. The molecule has 0 amide bonds. The van der Waals surface area contributed by atoms with Crippen LogP contribution in [-0.4, -0.2) is 6.26 Å². The summed E-state index contributed by atoms with van der Waals surface area (Å²) in [6, 6.07) is 17.2. The largest absolute Gasteiger partial charge is 0.130 e. The Hall–Kier alpha value is -0.250. The van der Waals surface area contributed by atoms with Gasteiger partial charge in [-0.05, 0) is 48.1 Å². The van der Waals surface area contributed by atoms with Gasteiger partial charge in [0.05, 0.1) is 0 Å². The zero-order valence-electron chi connectivity index (χ0n) is 10.1. The van der Waals surface area contributed by atoms with E-state index in [1.165, 1.54) is 16.0 Å². The minimum absolute atomic E-state index is 0.364. The first kappa shape index (κ1) is 14.2. The highest BCUT2D eigenvalue weighted by molar-refractivity contribution is 9.10. The van der Waals surface area contributed by atoms with Gasteiger partial charge in [-0.2, -0.15) is 0 Å². The van der Waals surface area contributed by atoms with Crippen molar-refractivity contribution in [3.05, 3.63) is 64.1 Å². The molecule has 0 aliphatic heterocycles. The molecule has 2 aromatic carbocycles. The maximum Gasteiger partial charge on any atom is 0.0435 e. The van der Waals surface area contributed by atoms with Crippen LogP contribution in [0.2, 0.25) is 0 Å². The number of hydrogen-bond acceptors (Lipinski definition) is 1. The molecule has 0 bridgehead atoms. The van der Waals surface area contributed by atoms with Crippen molar-refractivity contribution in [3.8, 4) is 0 Å². The molecule has 0 aliphatic rings. The lowest BCUT2D eigenvalue weighted by Gasteiger charge is -2.11. The Labute approximate surface area is 129 Å². The average molecular weight is 386 g/mol. The van der Waals surface area contributed by atoms with E-state index in [1.807, 2.05) is 0 Å². The Morgan fingerprint density at radius 3 is 2.44 bits per heavy atom. The van der Waals surface area contributed by atoms with Gasteiger partial charge >= 0.3 is 0 Å². The molecule has 94 valence electrons. The third-order valence-electron chi connectivity index (χ3n) is 2.78. The van der Waals surface area contributed by atoms with Crippen molar-refractivity contribution in [2.45, 2.75) is 16.1 Å². The van der Waals surface area contributed by atoms with Crippen molar-refractivity contribution in [2.24, 2.45) is 0 Å². The van der Waals surface area contributed by atoms with Crippen LogP contribution in [0.5, 0.6) is 0 Å². The molecule has 0 saturated heterocycles. The van der Waals surface area contributed by atoms with E-state index in [-0.39, 0.29) is 0 Å². The minimum Gasteiger partial charge on any atom is -0.130 e. The lowest BCUT2D eigenvalue weighted by molar-refractivity contribution is 0.946. The SMILES string of the molecule is CSc1ccc(C(Br)Cc2cccc(Br)c2)cc1. The summed E-state index contributed by atoms with van der Waals surface area (Å²) in [7, 11) is 0. The highest BCUT2D eigenvalue weighted by Gasteiger charge is 2.08. The first-order chi connectivity index (χ1) is 8.69. The molecule has 0 spiro atoms. The normalized spacial score (nSPS) is 12.4. The third kappa shape index (κ3) is 3.87. The van der Waals surface area contributed by atoms with E-state index in [2.05, 4.69) is 86.6 Å². The summed E-state index contributed by atoms with van der Waals surface area (Å²) < 4.78 is 1.14. The topological polar surface area (TPSA) is 0 Å². The molecule has 0 radical (unpaired) electrons. The molecular weight excluding hydrogens is 372 g/mol. The number of hydrogen-bond donors (Lipinski definition) is 0. The average Bonchev–Trinajstić information content (AvgIpc) is 2.39. The molecular formula is C15H14Br2S. The summed E-state index contributed by atoms with van der Waals surface area (Å²) in [5.74, 6) is 0. The molecule has 0 heterocycles. The summed E-state index contributed by atoms with van der Waals surface area (Å²) in [5, 5.41) is 0. The molecule has 0 saturated carbocycles. The van der Waals surface area contributed by atoms with Gasteiger partial charge in [0, 0.05) is 14.2 Å². The molecule has 1 unspecified atom stereocenters. The lowest BCUT2D eigenvalue weighted by Crippen LogP contribution is -1.95. The van der Waals surface area contributed by atoms with Gasteiger partial charge in [0.2, 0.25) is 0 Å². The summed E-state index contributed by atoms with van der Waals surface area (Å²) in [5.41, 5.74) is 2.66. The second-order valence-corrected chi connectivity index (χ2v) is 6.98. The number of halogens is 2. The van der Waals surface area contributed by atoms with Crippen LogP contribution in [0, 0.1) is 0 Å². The van der Waals surface area contributed by atoms with Crippen LogP contribution in [0.1, 0.15) is 16.0 Å². The zero-order chi connectivity index (χ0) is 13.0. The highest BCUT2D eigenvalue weighted by Crippen LogP contribution is 2.29. The summed E-state index contributed by atoms with van der Waals surface area (Å²) in [4.78, 5) is 1.67. The molecule has 0 N–H and O–H groups in total. The van der Waals surface area contributed by atoms with Gasteiger partial charge in [-0.25, -0.2) is 0 Å². The first-order valence-electron chi connectivity index (χ1n) is 5.71. The molecule has 0 fully saturated rings. The lowest BCUT2D eigenvalue weighted by atomic mass is 10.0. The standard InChI is InChI=1S/C15H14Br2S/c1-18-14-7-5-12(6-8-14)15(17)10-11-3-2-4-13(16)9-11/h2-9,15H,10H2,1H3. The smallest absolute Gasteiger partial charge is 0.0435 e. The van der Waals surface area contributed by atoms with Crippen LogP contribution in [0.3, 0.4) is 0 Å². The van der Waals surface area contributed by atoms with Crippen LogP contribution in [0.15, 0.2) is 57.9 Å². The zero-order valence-corrected chi connectivity index (χ0v) is 14.1. The summed E-state index contributed by atoms with van der Waals surface area (Å²) >= 11 is 9.05. The number of thioether (sulfide) groups is 1. The van der Waals surface area contributed by atoms with Gasteiger partial charge in [-0.3, -0.25) is 0 Å². The van der Waals surface area contributed by atoms with Gasteiger partial charge in [-0.15, -0.1) is 11.8 Å².